The molecule has 0 spiro atoms. The Bertz CT molecular complexity index is 1230. The van der Waals surface area contributed by atoms with Crippen LogP contribution in [0, 0.1) is 50.2 Å². The summed E-state index contributed by atoms with van der Waals surface area (Å²) in [5.41, 5.74) is -0.266. The normalized spacial score (nSPS) is 49.1. The molecule has 0 amide bonds. The lowest BCUT2D eigenvalue weighted by Gasteiger charge is -2.70. The fraction of sp³-hybridized carbons (Fsp3) is 0.871. The number of ether oxygens (including phenoxy) is 1. The van der Waals surface area contributed by atoms with Crippen LogP contribution in [0.15, 0.2) is 11.6 Å². The highest BCUT2D eigenvalue weighted by molar-refractivity contribution is 7.84. The molecular weight excluding hydrogens is 514 g/mol. The van der Waals surface area contributed by atoms with Crippen molar-refractivity contribution in [3.8, 4) is 0 Å². The van der Waals surface area contributed by atoms with Crippen LogP contribution in [0.1, 0.15) is 106 Å². The van der Waals surface area contributed by atoms with Crippen LogP contribution in [-0.2, 0) is 28.8 Å². The molecular formula is C31H49NO6S. The van der Waals surface area contributed by atoms with Gasteiger partial charge in [-0.25, -0.2) is 5.14 Å². The lowest BCUT2D eigenvalue weighted by molar-refractivity contribution is -0.199. The van der Waals surface area contributed by atoms with Gasteiger partial charge in [0.2, 0.25) is 0 Å². The Hall–Kier alpha value is -1.25. The van der Waals surface area contributed by atoms with Gasteiger partial charge in [0, 0.05) is 5.92 Å². The van der Waals surface area contributed by atoms with Crippen LogP contribution in [0.3, 0.4) is 0 Å². The van der Waals surface area contributed by atoms with Gasteiger partial charge in [-0.05, 0) is 110 Å². The molecule has 0 bridgehead atoms. The smallest absolute Gasteiger partial charge is 0.333 e. The van der Waals surface area contributed by atoms with Crippen molar-refractivity contribution >= 4 is 22.1 Å². The molecule has 0 aromatic rings. The highest BCUT2D eigenvalue weighted by Gasteiger charge is 2.70. The van der Waals surface area contributed by atoms with E-state index in [1.165, 1.54) is 12.7 Å². The van der Waals surface area contributed by atoms with Gasteiger partial charge in [-0.15, -0.1) is 0 Å². The number of methoxy groups -OCH3 is 1. The molecule has 5 aliphatic rings. The molecule has 0 aliphatic heterocycles. The molecule has 0 unspecified atom stereocenters. The summed E-state index contributed by atoms with van der Waals surface area (Å²) in [7, 11) is -2.59. The van der Waals surface area contributed by atoms with Gasteiger partial charge in [-0.3, -0.25) is 13.8 Å². The molecule has 220 valence electrons. The van der Waals surface area contributed by atoms with E-state index in [4.69, 9.17) is 14.1 Å². The van der Waals surface area contributed by atoms with Crippen molar-refractivity contribution in [3.05, 3.63) is 11.6 Å². The van der Waals surface area contributed by atoms with Gasteiger partial charge < -0.3 is 4.74 Å². The number of fused-ring (bicyclic) bond motifs is 7. The number of ketones is 1. The van der Waals surface area contributed by atoms with Crippen molar-refractivity contribution in [2.45, 2.75) is 112 Å². The maximum atomic E-state index is 14.4. The first-order valence-electron chi connectivity index (χ1n) is 14.8. The molecule has 0 aromatic carbocycles. The minimum absolute atomic E-state index is 0.0779. The number of nitrogens with two attached hydrogens (primary N) is 1. The Labute approximate surface area is 235 Å². The minimum atomic E-state index is -4.07. The van der Waals surface area contributed by atoms with E-state index in [-0.39, 0.29) is 51.2 Å². The first kappa shape index (κ1) is 29.2. The number of allylic oxidation sites excluding steroid dienone is 2. The molecule has 0 heterocycles. The number of rotatable bonds is 3. The molecule has 7 nitrogen and oxygen atoms in total. The standard InChI is InChI=1S/C31H49NO6S/c1-26(2)22-9-12-31(7)24(29(22,5)11-10-23(26)38-39(32,35)36)21(33)17-19-20-18-28(4,25(34)37-8)14-13-27(20,3)15-16-30(19,31)6/h17,20,22-24H,9-16,18H2,1-8H3,(H2,32,35,36)/t20-,22-,23-,24+,27+,28-,29-,30+,31+/m0/s1. The zero-order chi connectivity index (χ0) is 29.0. The fourth-order valence-electron chi connectivity index (χ4n) is 10.9. The second kappa shape index (κ2) is 8.64. The number of carbonyl (C=O) groups is 2. The van der Waals surface area contributed by atoms with Crippen LogP contribution in [0.4, 0.5) is 0 Å². The SMILES string of the molecule is COC(=O)[C@@]1(C)CC[C@]2(C)CC[C@]3(C)C(=CC(=O)[C@@H]4[C@@]5(C)CC[C@H](OS(N)(=O)=O)C(C)(C)[C@@H]5CC[C@]43C)[C@@H]2C1. The summed E-state index contributed by atoms with van der Waals surface area (Å²) < 4.78 is 34.4. The summed E-state index contributed by atoms with van der Waals surface area (Å²) in [5.74, 6) is 0.242. The van der Waals surface area contributed by atoms with E-state index in [0.717, 1.165) is 51.4 Å². The molecule has 2 N–H and O–H groups in total. The zero-order valence-electron chi connectivity index (χ0n) is 25.2. The maximum absolute atomic E-state index is 14.4. The second-order valence-electron chi connectivity index (χ2n) is 15.7. The predicted molar refractivity (Wildman–Crippen MR) is 149 cm³/mol. The third-order valence-electron chi connectivity index (χ3n) is 13.4. The Morgan fingerprint density at radius 2 is 1.59 bits per heavy atom. The highest BCUT2D eigenvalue weighted by atomic mass is 32.2. The maximum Gasteiger partial charge on any atom is 0.333 e. The van der Waals surface area contributed by atoms with E-state index in [2.05, 4.69) is 41.5 Å². The van der Waals surface area contributed by atoms with Gasteiger partial charge in [0.25, 0.3) is 0 Å². The van der Waals surface area contributed by atoms with E-state index in [9.17, 15) is 18.0 Å². The van der Waals surface area contributed by atoms with Gasteiger partial charge >= 0.3 is 16.3 Å². The van der Waals surface area contributed by atoms with E-state index >= 15 is 0 Å². The van der Waals surface area contributed by atoms with Crippen molar-refractivity contribution in [1.29, 1.82) is 0 Å². The van der Waals surface area contributed by atoms with Gasteiger partial charge in [0.1, 0.15) is 0 Å². The van der Waals surface area contributed by atoms with E-state index in [0.29, 0.717) is 6.42 Å². The summed E-state index contributed by atoms with van der Waals surface area (Å²) >= 11 is 0. The Kier molecular flexibility index (Phi) is 6.48. The van der Waals surface area contributed by atoms with Gasteiger partial charge in [-0.1, -0.05) is 47.1 Å². The molecule has 4 saturated carbocycles. The van der Waals surface area contributed by atoms with Crippen molar-refractivity contribution in [2.75, 3.05) is 7.11 Å². The molecule has 5 aliphatic carbocycles. The monoisotopic (exact) mass is 563 g/mol. The Morgan fingerprint density at radius 3 is 2.21 bits per heavy atom. The topological polar surface area (TPSA) is 113 Å². The number of esters is 1. The predicted octanol–water partition coefficient (Wildman–Crippen LogP) is 5.73. The average molecular weight is 564 g/mol. The van der Waals surface area contributed by atoms with Crippen LogP contribution >= 0.6 is 0 Å². The molecule has 5 rings (SSSR count). The quantitative estimate of drug-likeness (QED) is 0.439. The van der Waals surface area contributed by atoms with Crippen LogP contribution in [-0.4, -0.2) is 33.4 Å². The van der Waals surface area contributed by atoms with Crippen molar-refractivity contribution in [3.63, 3.8) is 0 Å². The van der Waals surface area contributed by atoms with E-state index in [1.54, 1.807) is 0 Å². The first-order valence-corrected chi connectivity index (χ1v) is 16.3. The molecule has 4 fully saturated rings. The van der Waals surface area contributed by atoms with Gasteiger partial charge in [0.15, 0.2) is 5.78 Å². The summed E-state index contributed by atoms with van der Waals surface area (Å²) in [6.45, 7) is 15.6. The lowest BCUT2D eigenvalue weighted by Crippen LogP contribution is -2.66. The highest BCUT2D eigenvalue weighted by Crippen LogP contribution is 2.75. The van der Waals surface area contributed by atoms with Crippen LogP contribution in [0.2, 0.25) is 0 Å². The fourth-order valence-corrected chi connectivity index (χ4v) is 11.6. The third kappa shape index (κ3) is 3.97. The van der Waals surface area contributed by atoms with Gasteiger partial charge in [-0.2, -0.15) is 8.42 Å². The number of hydrogen-bond acceptors (Lipinski definition) is 6. The molecule has 8 heteroatoms. The molecule has 9 atom stereocenters. The van der Waals surface area contributed by atoms with Crippen molar-refractivity contribution in [1.82, 2.24) is 0 Å². The molecule has 39 heavy (non-hydrogen) atoms. The minimum Gasteiger partial charge on any atom is -0.469 e. The Morgan fingerprint density at radius 1 is 0.949 bits per heavy atom. The molecule has 0 radical (unpaired) electrons. The van der Waals surface area contributed by atoms with E-state index in [1.807, 2.05) is 13.0 Å². The average Bonchev–Trinajstić information content (AvgIpc) is 2.82. The number of carbonyl (C=O) groups excluding carboxylic acids is 2. The first-order chi connectivity index (χ1) is 17.8. The van der Waals surface area contributed by atoms with Gasteiger partial charge in [0.05, 0.1) is 18.6 Å². The summed E-state index contributed by atoms with van der Waals surface area (Å²) in [5, 5.41) is 5.30. The lowest BCUT2D eigenvalue weighted by atomic mass is 9.33. The number of hydrogen-bond donors (Lipinski definition) is 1. The molecule has 0 saturated heterocycles. The second-order valence-corrected chi connectivity index (χ2v) is 16.9. The summed E-state index contributed by atoms with van der Waals surface area (Å²) in [4.78, 5) is 27.3. The third-order valence-corrected chi connectivity index (χ3v) is 13.9. The summed E-state index contributed by atoms with van der Waals surface area (Å²) in [6.07, 6.45) is 9.26. The van der Waals surface area contributed by atoms with E-state index < -0.39 is 27.2 Å². The van der Waals surface area contributed by atoms with Crippen LogP contribution in [0.25, 0.3) is 0 Å². The largest absolute Gasteiger partial charge is 0.469 e. The van der Waals surface area contributed by atoms with Crippen molar-refractivity contribution in [2.24, 2.45) is 55.4 Å². The Balaban J connectivity index is 1.57. The molecule has 0 aromatic heterocycles. The van der Waals surface area contributed by atoms with Crippen LogP contribution < -0.4 is 5.14 Å². The summed E-state index contributed by atoms with van der Waals surface area (Å²) in [6, 6.07) is 0. The van der Waals surface area contributed by atoms with Crippen LogP contribution in [0.5, 0.6) is 0 Å². The van der Waals surface area contributed by atoms with Crippen molar-refractivity contribution < 1.29 is 26.9 Å². The zero-order valence-corrected chi connectivity index (χ0v) is 26.0.